The Morgan fingerprint density at radius 2 is 0.638 bits per heavy atom. The van der Waals surface area contributed by atoms with Gasteiger partial charge in [0.2, 0.25) is 0 Å². The number of ether oxygens (including phenoxy) is 6. The van der Waals surface area contributed by atoms with Gasteiger partial charge in [0.25, 0.3) is 0 Å². The Labute approximate surface area is 360 Å². The molecule has 338 valence electrons. The molecule has 0 fully saturated rings. The van der Waals surface area contributed by atoms with Crippen LogP contribution < -0.4 is 0 Å². The molecular formula is C39H72N4O12S3. The highest BCUT2D eigenvalue weighted by atomic mass is 32.2. The summed E-state index contributed by atoms with van der Waals surface area (Å²) >= 11 is 4.70. The molecule has 0 aromatic carbocycles. The first-order valence-electron chi connectivity index (χ1n) is 19.8. The number of esters is 6. The fraction of sp³-hybridized carbons (Fsp3) is 0.846. The van der Waals surface area contributed by atoms with Crippen molar-refractivity contribution in [1.29, 1.82) is 0 Å². The Bertz CT molecular complexity index is 1040. The summed E-state index contributed by atoms with van der Waals surface area (Å²) < 4.78 is 31.3. The average molecular weight is 885 g/mol. The number of thioether (sulfide) groups is 3. The lowest BCUT2D eigenvalue weighted by Gasteiger charge is -2.29. The Balaban J connectivity index is 4.85. The summed E-state index contributed by atoms with van der Waals surface area (Å²) in [6.07, 6.45) is 6.37. The number of nitrogens with zero attached hydrogens (tertiary/aromatic N) is 4. The van der Waals surface area contributed by atoms with E-state index in [-0.39, 0.29) is 112 Å². The average Bonchev–Trinajstić information content (AvgIpc) is 3.19. The molecule has 0 aliphatic carbocycles. The summed E-state index contributed by atoms with van der Waals surface area (Å²) in [5.41, 5.74) is 0. The zero-order chi connectivity index (χ0) is 43.7. The number of hydrogen-bond donors (Lipinski definition) is 0. The standard InChI is InChI=1S/C39H72N4O12S3/c1-31(28-56-7)37(47)53-25-22-50-34(44)10-13-40(4)16-19-43(20-17-41(5)14-11-35(45)51-23-26-54-38(48)32(2)29-57-8)21-18-42(6)15-12-36(46)52-24-27-55-39(49)33(3)30-58-9/h31-33H,10-30H2,1-9H3. The number of hydrogen-bond acceptors (Lipinski definition) is 19. The molecule has 3 unspecified atom stereocenters. The highest BCUT2D eigenvalue weighted by Crippen LogP contribution is 2.08. The molecule has 0 aliphatic rings. The minimum absolute atomic E-state index is 0.0189. The van der Waals surface area contributed by atoms with Crippen molar-refractivity contribution >= 4 is 71.1 Å². The van der Waals surface area contributed by atoms with Gasteiger partial charge in [-0.3, -0.25) is 33.7 Å². The van der Waals surface area contributed by atoms with Crippen LogP contribution in [0.2, 0.25) is 0 Å². The SMILES string of the molecule is CSCC(C)C(=O)OCCOC(=O)CCN(C)CCN(CCN(C)CCC(=O)OCCOC(=O)C(C)CSC)CCN(C)CCC(=O)OCCOC(=O)C(C)CSC. The molecule has 0 aliphatic heterocycles. The van der Waals surface area contributed by atoms with E-state index in [2.05, 4.69) is 19.6 Å². The Morgan fingerprint density at radius 3 is 0.879 bits per heavy atom. The predicted molar refractivity (Wildman–Crippen MR) is 231 cm³/mol. The van der Waals surface area contributed by atoms with E-state index in [1.165, 1.54) is 0 Å². The molecule has 0 saturated heterocycles. The smallest absolute Gasteiger partial charge is 0.309 e. The molecule has 3 atom stereocenters. The quantitative estimate of drug-likeness (QED) is 0.0511. The van der Waals surface area contributed by atoms with Gasteiger partial charge in [-0.2, -0.15) is 35.3 Å². The summed E-state index contributed by atoms with van der Waals surface area (Å²) in [5, 5.41) is 0. The Hall–Kier alpha value is -2.29. The van der Waals surface area contributed by atoms with E-state index in [0.717, 1.165) is 0 Å². The molecule has 0 saturated carbocycles. The van der Waals surface area contributed by atoms with Gasteiger partial charge < -0.3 is 43.1 Å². The molecule has 0 N–H and O–H groups in total. The molecule has 0 rings (SSSR count). The van der Waals surface area contributed by atoms with Crippen LogP contribution in [0.15, 0.2) is 0 Å². The molecule has 0 aromatic rings. The number of likely N-dealkylation sites (N-methyl/N-ethyl adjacent to an activating group) is 3. The molecule has 19 heteroatoms. The van der Waals surface area contributed by atoms with Crippen LogP contribution in [0.25, 0.3) is 0 Å². The van der Waals surface area contributed by atoms with Crippen LogP contribution in [0.1, 0.15) is 40.0 Å². The molecule has 0 heterocycles. The highest BCUT2D eigenvalue weighted by molar-refractivity contribution is 7.99. The fourth-order valence-corrected chi connectivity index (χ4v) is 6.85. The van der Waals surface area contributed by atoms with Crippen LogP contribution in [-0.2, 0) is 57.2 Å². The van der Waals surface area contributed by atoms with Crippen LogP contribution in [-0.4, -0.2) is 211 Å². The Kier molecular flexibility index (Phi) is 34.1. The molecule has 0 aromatic heterocycles. The maximum absolute atomic E-state index is 12.3. The lowest BCUT2D eigenvalue weighted by molar-refractivity contribution is -0.154. The summed E-state index contributed by atoms with van der Waals surface area (Å²) in [6, 6.07) is 0. The van der Waals surface area contributed by atoms with Crippen molar-refractivity contribution in [1.82, 2.24) is 19.6 Å². The van der Waals surface area contributed by atoms with Gasteiger partial charge in [-0.1, -0.05) is 20.8 Å². The van der Waals surface area contributed by atoms with Gasteiger partial charge in [0, 0.05) is 76.2 Å². The molecular weight excluding hydrogens is 813 g/mol. The topological polar surface area (TPSA) is 171 Å². The van der Waals surface area contributed by atoms with Gasteiger partial charge >= 0.3 is 35.8 Å². The van der Waals surface area contributed by atoms with Crippen molar-refractivity contribution < 1.29 is 57.2 Å². The Morgan fingerprint density at radius 1 is 0.397 bits per heavy atom. The van der Waals surface area contributed by atoms with Gasteiger partial charge in [-0.15, -0.1) is 0 Å². The number of carbonyl (C=O) groups excluding carboxylic acids is 6. The first kappa shape index (κ1) is 55.7. The normalized spacial score (nSPS) is 13.0. The third-order valence-corrected chi connectivity index (χ3v) is 11.2. The van der Waals surface area contributed by atoms with Gasteiger partial charge in [0.1, 0.15) is 39.6 Å². The van der Waals surface area contributed by atoms with E-state index >= 15 is 0 Å². The van der Waals surface area contributed by atoms with Crippen LogP contribution in [0, 0.1) is 17.8 Å². The van der Waals surface area contributed by atoms with Gasteiger partial charge in [0.15, 0.2) is 0 Å². The first-order chi connectivity index (χ1) is 27.6. The van der Waals surface area contributed by atoms with Crippen molar-refractivity contribution in [2.45, 2.75) is 40.0 Å². The third kappa shape index (κ3) is 30.7. The van der Waals surface area contributed by atoms with E-state index in [1.807, 2.05) is 39.9 Å². The van der Waals surface area contributed by atoms with Crippen molar-refractivity contribution in [3.63, 3.8) is 0 Å². The second-order valence-electron chi connectivity index (χ2n) is 14.2. The molecule has 0 amide bonds. The summed E-state index contributed by atoms with van der Waals surface area (Å²) in [6.45, 7) is 11.2. The fourth-order valence-electron chi connectivity index (χ4n) is 4.94. The van der Waals surface area contributed by atoms with Gasteiger partial charge in [0.05, 0.1) is 37.0 Å². The minimum Gasteiger partial charge on any atom is -0.462 e. The molecule has 0 spiro atoms. The van der Waals surface area contributed by atoms with Crippen LogP contribution >= 0.6 is 35.3 Å². The van der Waals surface area contributed by atoms with Crippen LogP contribution in [0.5, 0.6) is 0 Å². The minimum atomic E-state index is -0.360. The predicted octanol–water partition coefficient (Wildman–Crippen LogP) is 2.51. The third-order valence-electron chi connectivity index (χ3n) is 8.72. The largest absolute Gasteiger partial charge is 0.462 e. The second kappa shape index (κ2) is 35.5. The maximum atomic E-state index is 12.3. The lowest BCUT2D eigenvalue weighted by Crippen LogP contribution is -2.42. The van der Waals surface area contributed by atoms with E-state index in [9.17, 15) is 28.8 Å². The number of carbonyl (C=O) groups is 6. The van der Waals surface area contributed by atoms with Gasteiger partial charge in [-0.25, -0.2) is 0 Å². The second-order valence-corrected chi connectivity index (χ2v) is 17.0. The van der Waals surface area contributed by atoms with Crippen molar-refractivity contribution in [3.05, 3.63) is 0 Å². The van der Waals surface area contributed by atoms with Gasteiger partial charge in [-0.05, 0) is 39.9 Å². The molecule has 0 bridgehead atoms. The van der Waals surface area contributed by atoms with Crippen molar-refractivity contribution in [2.75, 3.05) is 156 Å². The summed E-state index contributed by atoms with van der Waals surface area (Å²) in [7, 11) is 5.81. The zero-order valence-electron chi connectivity index (χ0n) is 36.5. The van der Waals surface area contributed by atoms with E-state index in [1.54, 1.807) is 56.1 Å². The van der Waals surface area contributed by atoms with E-state index in [4.69, 9.17) is 28.4 Å². The number of rotatable bonds is 36. The summed E-state index contributed by atoms with van der Waals surface area (Å²) in [5.74, 6) is -0.615. The van der Waals surface area contributed by atoms with Crippen molar-refractivity contribution in [3.8, 4) is 0 Å². The lowest BCUT2D eigenvalue weighted by atomic mass is 10.2. The monoisotopic (exact) mass is 884 g/mol. The van der Waals surface area contributed by atoms with E-state index in [0.29, 0.717) is 76.2 Å². The molecule has 58 heavy (non-hydrogen) atoms. The summed E-state index contributed by atoms with van der Waals surface area (Å²) in [4.78, 5) is 81.2. The van der Waals surface area contributed by atoms with E-state index < -0.39 is 0 Å². The van der Waals surface area contributed by atoms with Crippen molar-refractivity contribution in [2.24, 2.45) is 17.8 Å². The van der Waals surface area contributed by atoms with Crippen LogP contribution in [0.3, 0.4) is 0 Å². The first-order valence-corrected chi connectivity index (χ1v) is 24.0. The maximum Gasteiger partial charge on any atom is 0.309 e. The zero-order valence-corrected chi connectivity index (χ0v) is 38.9. The molecule has 16 nitrogen and oxygen atoms in total. The molecule has 0 radical (unpaired) electrons. The highest BCUT2D eigenvalue weighted by Gasteiger charge is 2.17. The van der Waals surface area contributed by atoms with Crippen LogP contribution in [0.4, 0.5) is 0 Å².